The second kappa shape index (κ2) is 8.61. The van der Waals surface area contributed by atoms with E-state index >= 15 is 0 Å². The Bertz CT molecular complexity index is 333. The summed E-state index contributed by atoms with van der Waals surface area (Å²) in [5, 5.41) is 11.9. The maximum absolute atomic E-state index is 13.2. The maximum atomic E-state index is 13.2. The van der Waals surface area contributed by atoms with Crippen molar-refractivity contribution >= 4 is 15.9 Å². The van der Waals surface area contributed by atoms with Gasteiger partial charge in [-0.3, -0.25) is 0 Å². The summed E-state index contributed by atoms with van der Waals surface area (Å²) in [4.78, 5) is 0. The number of unbranched alkanes of at least 4 members (excludes halogenated alkanes) is 3. The predicted octanol–water partition coefficient (Wildman–Crippen LogP) is 3.23. The molecule has 0 heterocycles. The number of nitrogens with one attached hydrogen (secondary N) is 1. The monoisotopic (exact) mass is 303 g/mol. The summed E-state index contributed by atoms with van der Waals surface area (Å²) in [7, 11) is 0. The van der Waals surface area contributed by atoms with Crippen LogP contribution in [-0.4, -0.2) is 18.3 Å². The highest BCUT2D eigenvalue weighted by Gasteiger charge is 1.99. The SMILES string of the molecule is OCCCCCCNCc1ccc(Br)c(F)c1. The molecular weight excluding hydrogens is 285 g/mol. The summed E-state index contributed by atoms with van der Waals surface area (Å²) in [6.07, 6.45) is 4.18. The Kier molecular flexibility index (Phi) is 7.40. The van der Waals surface area contributed by atoms with Crippen molar-refractivity contribution in [2.45, 2.75) is 32.2 Å². The van der Waals surface area contributed by atoms with Crippen molar-refractivity contribution in [3.05, 3.63) is 34.1 Å². The molecule has 0 radical (unpaired) electrons. The molecule has 1 rings (SSSR count). The van der Waals surface area contributed by atoms with E-state index in [0.29, 0.717) is 11.0 Å². The Morgan fingerprint density at radius 3 is 2.65 bits per heavy atom. The van der Waals surface area contributed by atoms with Gasteiger partial charge in [-0.15, -0.1) is 0 Å². The molecule has 0 fully saturated rings. The quantitative estimate of drug-likeness (QED) is 0.723. The Hall–Kier alpha value is -0.450. The number of hydrogen-bond donors (Lipinski definition) is 2. The summed E-state index contributed by atoms with van der Waals surface area (Å²) in [6.45, 7) is 1.92. The molecule has 17 heavy (non-hydrogen) atoms. The lowest BCUT2D eigenvalue weighted by Gasteiger charge is -2.05. The van der Waals surface area contributed by atoms with Crippen molar-refractivity contribution in [3.8, 4) is 0 Å². The number of hydrogen-bond acceptors (Lipinski definition) is 2. The molecule has 0 saturated carbocycles. The first-order chi connectivity index (χ1) is 8.24. The van der Waals surface area contributed by atoms with Crippen molar-refractivity contribution in [2.75, 3.05) is 13.2 Å². The van der Waals surface area contributed by atoms with E-state index in [9.17, 15) is 4.39 Å². The van der Waals surface area contributed by atoms with Crippen LogP contribution in [0.1, 0.15) is 31.2 Å². The van der Waals surface area contributed by atoms with Gasteiger partial charge in [0.25, 0.3) is 0 Å². The molecule has 0 unspecified atom stereocenters. The molecule has 2 nitrogen and oxygen atoms in total. The second-order valence-corrected chi connectivity index (χ2v) is 4.92. The molecule has 0 bridgehead atoms. The molecule has 2 N–H and O–H groups in total. The van der Waals surface area contributed by atoms with Crippen LogP contribution in [0.15, 0.2) is 22.7 Å². The molecule has 0 aliphatic heterocycles. The minimum atomic E-state index is -0.216. The Morgan fingerprint density at radius 1 is 1.18 bits per heavy atom. The first-order valence-electron chi connectivity index (χ1n) is 5.99. The predicted molar refractivity (Wildman–Crippen MR) is 71.4 cm³/mol. The van der Waals surface area contributed by atoms with Gasteiger partial charge in [0.1, 0.15) is 5.82 Å². The summed E-state index contributed by atoms with van der Waals surface area (Å²) in [5.74, 6) is -0.216. The van der Waals surface area contributed by atoms with Crippen LogP contribution in [0.25, 0.3) is 0 Å². The Balaban J connectivity index is 2.11. The van der Waals surface area contributed by atoms with E-state index in [0.717, 1.165) is 37.8 Å². The van der Waals surface area contributed by atoms with E-state index in [-0.39, 0.29) is 12.4 Å². The van der Waals surface area contributed by atoms with Gasteiger partial charge >= 0.3 is 0 Å². The normalized spacial score (nSPS) is 10.8. The molecule has 1 aromatic rings. The molecule has 0 aromatic heterocycles. The van der Waals surface area contributed by atoms with Crippen LogP contribution in [0, 0.1) is 5.82 Å². The third-order valence-corrected chi connectivity index (χ3v) is 3.22. The molecule has 0 spiro atoms. The first-order valence-corrected chi connectivity index (χ1v) is 6.79. The Labute approximate surface area is 110 Å². The van der Waals surface area contributed by atoms with Crippen molar-refractivity contribution < 1.29 is 9.50 Å². The van der Waals surface area contributed by atoms with Crippen LogP contribution < -0.4 is 5.32 Å². The maximum Gasteiger partial charge on any atom is 0.137 e. The minimum absolute atomic E-state index is 0.216. The zero-order chi connectivity index (χ0) is 12.5. The summed E-state index contributed by atoms with van der Waals surface area (Å²) >= 11 is 3.13. The number of rotatable bonds is 8. The van der Waals surface area contributed by atoms with E-state index in [1.54, 1.807) is 12.1 Å². The molecule has 96 valence electrons. The van der Waals surface area contributed by atoms with Gasteiger partial charge in [-0.2, -0.15) is 0 Å². The van der Waals surface area contributed by atoms with Gasteiger partial charge in [0.05, 0.1) is 4.47 Å². The molecule has 4 heteroatoms. The third-order valence-electron chi connectivity index (χ3n) is 2.57. The molecule has 0 aliphatic rings. The fourth-order valence-corrected chi connectivity index (χ4v) is 1.84. The molecule has 0 amide bonds. The van der Waals surface area contributed by atoms with Crippen molar-refractivity contribution in [3.63, 3.8) is 0 Å². The number of aliphatic hydroxyl groups excluding tert-OH is 1. The standard InChI is InChI=1S/C13H19BrFNO/c14-12-6-5-11(9-13(12)15)10-16-7-3-1-2-4-8-17/h5-6,9,16-17H,1-4,7-8,10H2. The second-order valence-electron chi connectivity index (χ2n) is 4.06. The van der Waals surface area contributed by atoms with Crippen molar-refractivity contribution in [2.24, 2.45) is 0 Å². The topological polar surface area (TPSA) is 32.3 Å². The molecule has 0 saturated heterocycles. The van der Waals surface area contributed by atoms with Gasteiger partial charge in [-0.05, 0) is 53.0 Å². The van der Waals surface area contributed by atoms with Gasteiger partial charge < -0.3 is 10.4 Å². The highest BCUT2D eigenvalue weighted by molar-refractivity contribution is 9.10. The molecule has 0 aliphatic carbocycles. The van der Waals surface area contributed by atoms with Crippen molar-refractivity contribution in [1.29, 1.82) is 0 Å². The third kappa shape index (κ3) is 6.15. The van der Waals surface area contributed by atoms with Crippen LogP contribution in [0.3, 0.4) is 0 Å². The summed E-state index contributed by atoms with van der Waals surface area (Å²) in [5.41, 5.74) is 0.959. The highest BCUT2D eigenvalue weighted by Crippen LogP contribution is 2.16. The van der Waals surface area contributed by atoms with E-state index in [4.69, 9.17) is 5.11 Å². The fourth-order valence-electron chi connectivity index (χ4n) is 1.60. The number of benzene rings is 1. The lowest BCUT2D eigenvalue weighted by Crippen LogP contribution is -2.14. The minimum Gasteiger partial charge on any atom is -0.396 e. The Morgan fingerprint density at radius 2 is 1.94 bits per heavy atom. The summed E-state index contributed by atoms with van der Waals surface area (Å²) < 4.78 is 13.7. The zero-order valence-corrected chi connectivity index (χ0v) is 11.5. The van der Waals surface area contributed by atoms with Crippen LogP contribution >= 0.6 is 15.9 Å². The fraction of sp³-hybridized carbons (Fsp3) is 0.538. The van der Waals surface area contributed by atoms with Gasteiger partial charge in [-0.25, -0.2) is 4.39 Å². The van der Waals surface area contributed by atoms with Crippen LogP contribution in [0.5, 0.6) is 0 Å². The number of aliphatic hydroxyl groups is 1. The van der Waals surface area contributed by atoms with Crippen LogP contribution in [0.2, 0.25) is 0 Å². The lowest BCUT2D eigenvalue weighted by atomic mass is 10.2. The molecule has 1 aromatic carbocycles. The first kappa shape index (κ1) is 14.6. The summed E-state index contributed by atoms with van der Waals surface area (Å²) in [6, 6.07) is 5.18. The zero-order valence-electron chi connectivity index (χ0n) is 9.88. The van der Waals surface area contributed by atoms with E-state index in [1.807, 2.05) is 6.07 Å². The van der Waals surface area contributed by atoms with Crippen molar-refractivity contribution in [1.82, 2.24) is 5.32 Å². The van der Waals surface area contributed by atoms with Gasteiger partial charge in [0.15, 0.2) is 0 Å². The van der Waals surface area contributed by atoms with Gasteiger partial charge in [0, 0.05) is 13.2 Å². The van der Waals surface area contributed by atoms with Gasteiger partial charge in [0.2, 0.25) is 0 Å². The average Bonchev–Trinajstić information content (AvgIpc) is 2.32. The van der Waals surface area contributed by atoms with Crippen LogP contribution in [-0.2, 0) is 6.54 Å². The number of halogens is 2. The molecule has 0 atom stereocenters. The van der Waals surface area contributed by atoms with E-state index in [1.165, 1.54) is 0 Å². The average molecular weight is 304 g/mol. The van der Waals surface area contributed by atoms with Crippen LogP contribution in [0.4, 0.5) is 4.39 Å². The van der Waals surface area contributed by atoms with E-state index in [2.05, 4.69) is 21.2 Å². The molecular formula is C13H19BrFNO. The largest absolute Gasteiger partial charge is 0.396 e. The highest BCUT2D eigenvalue weighted by atomic mass is 79.9. The van der Waals surface area contributed by atoms with E-state index < -0.39 is 0 Å². The lowest BCUT2D eigenvalue weighted by molar-refractivity contribution is 0.282. The van der Waals surface area contributed by atoms with Gasteiger partial charge in [-0.1, -0.05) is 18.9 Å². The smallest absolute Gasteiger partial charge is 0.137 e.